The normalized spacial score (nSPS) is 11.5. The van der Waals surface area contributed by atoms with Crippen molar-refractivity contribution in [1.82, 2.24) is 4.98 Å². The van der Waals surface area contributed by atoms with E-state index in [4.69, 9.17) is 11.6 Å². The zero-order chi connectivity index (χ0) is 10.8. The molecule has 1 rings (SSSR count). The predicted octanol–water partition coefficient (Wildman–Crippen LogP) is 3.03. The van der Waals surface area contributed by atoms with Gasteiger partial charge in [0.05, 0.1) is 0 Å². The van der Waals surface area contributed by atoms with E-state index in [-0.39, 0.29) is 5.88 Å². The van der Waals surface area contributed by atoms with Crippen LogP contribution in [-0.4, -0.2) is 11.3 Å². The first kappa shape index (κ1) is 11.1. The second kappa shape index (κ2) is 4.04. The summed E-state index contributed by atoms with van der Waals surface area (Å²) in [7, 11) is 0. The molecule has 0 radical (unpaired) electrons. The highest BCUT2D eigenvalue weighted by Gasteiger charge is 2.32. The van der Waals surface area contributed by atoms with Gasteiger partial charge in [0.25, 0.3) is 0 Å². The lowest BCUT2D eigenvalue weighted by atomic mass is 10.2. The molecule has 1 aromatic heterocycles. The quantitative estimate of drug-likeness (QED) is 0.722. The van der Waals surface area contributed by atoms with Crippen LogP contribution in [0.4, 0.5) is 13.2 Å². The third kappa shape index (κ3) is 3.06. The van der Waals surface area contributed by atoms with Crippen LogP contribution < -0.4 is 4.74 Å². The molecule has 0 bridgehead atoms. The lowest BCUT2D eigenvalue weighted by Crippen LogP contribution is -2.18. The SMILES string of the molecule is Cc1cc(CCl)cnc1OC(F)(F)F. The molecule has 1 aromatic rings. The summed E-state index contributed by atoms with van der Waals surface area (Å²) in [5, 5.41) is 0. The van der Waals surface area contributed by atoms with Crippen LogP contribution in [0.2, 0.25) is 0 Å². The first-order valence-electron chi connectivity index (χ1n) is 3.69. The highest BCUT2D eigenvalue weighted by atomic mass is 35.5. The molecular weight excluding hydrogens is 219 g/mol. The molecule has 0 amide bonds. The minimum absolute atomic E-state index is 0.208. The first-order chi connectivity index (χ1) is 6.42. The molecule has 0 spiro atoms. The van der Waals surface area contributed by atoms with Crippen molar-refractivity contribution >= 4 is 11.6 Å². The summed E-state index contributed by atoms with van der Waals surface area (Å²) in [5.74, 6) is -0.230. The van der Waals surface area contributed by atoms with Crippen molar-refractivity contribution in [3.63, 3.8) is 0 Å². The molecule has 0 aliphatic heterocycles. The maximum absolute atomic E-state index is 11.8. The van der Waals surface area contributed by atoms with Crippen LogP contribution in [0.15, 0.2) is 12.3 Å². The summed E-state index contributed by atoms with van der Waals surface area (Å²) in [5.41, 5.74) is 0.958. The fourth-order valence-electron chi connectivity index (χ4n) is 0.910. The largest absolute Gasteiger partial charge is 0.574 e. The molecule has 0 atom stereocenters. The average molecular weight is 226 g/mol. The second-order valence-corrected chi connectivity index (χ2v) is 2.91. The molecule has 2 nitrogen and oxygen atoms in total. The van der Waals surface area contributed by atoms with E-state index in [1.54, 1.807) is 0 Å². The summed E-state index contributed by atoms with van der Waals surface area (Å²) < 4.78 is 39.1. The molecule has 0 fully saturated rings. The summed E-state index contributed by atoms with van der Waals surface area (Å²) >= 11 is 5.48. The van der Waals surface area contributed by atoms with Crippen molar-refractivity contribution in [3.05, 3.63) is 23.4 Å². The van der Waals surface area contributed by atoms with E-state index in [0.29, 0.717) is 11.1 Å². The molecule has 0 aliphatic rings. The van der Waals surface area contributed by atoms with Gasteiger partial charge in [0.15, 0.2) is 0 Å². The molecule has 0 aromatic carbocycles. The molecule has 1 heterocycles. The zero-order valence-electron chi connectivity index (χ0n) is 7.23. The lowest BCUT2D eigenvalue weighted by Gasteiger charge is -2.10. The van der Waals surface area contributed by atoms with Crippen molar-refractivity contribution in [2.75, 3.05) is 0 Å². The number of hydrogen-bond donors (Lipinski definition) is 0. The number of pyridine rings is 1. The van der Waals surface area contributed by atoms with E-state index in [1.165, 1.54) is 19.2 Å². The Morgan fingerprint density at radius 1 is 1.50 bits per heavy atom. The lowest BCUT2D eigenvalue weighted by molar-refractivity contribution is -0.276. The van der Waals surface area contributed by atoms with Crippen LogP contribution in [0.3, 0.4) is 0 Å². The van der Waals surface area contributed by atoms with Gasteiger partial charge in [0.1, 0.15) is 0 Å². The third-order valence-corrected chi connectivity index (χ3v) is 1.76. The van der Waals surface area contributed by atoms with Crippen molar-refractivity contribution in [1.29, 1.82) is 0 Å². The standard InChI is InChI=1S/C8H7ClF3NO/c1-5-2-6(3-9)4-13-7(5)14-8(10,11)12/h2,4H,3H2,1H3. The number of hydrogen-bond acceptors (Lipinski definition) is 2. The number of aryl methyl sites for hydroxylation is 1. The van der Waals surface area contributed by atoms with Gasteiger partial charge in [-0.15, -0.1) is 24.8 Å². The van der Waals surface area contributed by atoms with Gasteiger partial charge in [0, 0.05) is 17.6 Å². The van der Waals surface area contributed by atoms with Gasteiger partial charge in [-0.1, -0.05) is 0 Å². The van der Waals surface area contributed by atoms with Gasteiger partial charge in [-0.25, -0.2) is 4.98 Å². The Morgan fingerprint density at radius 3 is 2.57 bits per heavy atom. The molecule has 6 heteroatoms. The smallest absolute Gasteiger partial charge is 0.388 e. The van der Waals surface area contributed by atoms with E-state index in [0.717, 1.165) is 0 Å². The molecule has 0 unspecified atom stereocenters. The fraction of sp³-hybridized carbons (Fsp3) is 0.375. The summed E-state index contributed by atoms with van der Waals surface area (Å²) in [6.45, 7) is 1.48. The number of halogens is 4. The maximum atomic E-state index is 11.8. The van der Waals surface area contributed by atoms with E-state index in [2.05, 4.69) is 9.72 Å². The number of ether oxygens (including phenoxy) is 1. The highest BCUT2D eigenvalue weighted by molar-refractivity contribution is 6.17. The van der Waals surface area contributed by atoms with Gasteiger partial charge in [-0.05, 0) is 18.6 Å². The Bertz CT molecular complexity index is 327. The van der Waals surface area contributed by atoms with E-state index >= 15 is 0 Å². The fourth-order valence-corrected chi connectivity index (χ4v) is 1.06. The second-order valence-electron chi connectivity index (χ2n) is 2.65. The van der Waals surface area contributed by atoms with Gasteiger partial charge < -0.3 is 4.74 Å². The highest BCUT2D eigenvalue weighted by Crippen LogP contribution is 2.24. The van der Waals surface area contributed by atoms with Gasteiger partial charge in [-0.2, -0.15) is 0 Å². The molecule has 0 aliphatic carbocycles. The number of rotatable bonds is 2. The van der Waals surface area contributed by atoms with Crippen LogP contribution in [0.25, 0.3) is 0 Å². The molecule has 0 saturated heterocycles. The summed E-state index contributed by atoms with van der Waals surface area (Å²) in [6.07, 6.45) is -3.46. The van der Waals surface area contributed by atoms with E-state index < -0.39 is 12.2 Å². The predicted molar refractivity (Wildman–Crippen MR) is 45.2 cm³/mol. The Kier molecular flexibility index (Phi) is 3.21. The van der Waals surface area contributed by atoms with Crippen LogP contribution >= 0.6 is 11.6 Å². The van der Waals surface area contributed by atoms with Gasteiger partial charge in [0.2, 0.25) is 5.88 Å². The maximum Gasteiger partial charge on any atom is 0.574 e. The average Bonchev–Trinajstić information content (AvgIpc) is 2.06. The van der Waals surface area contributed by atoms with E-state index in [9.17, 15) is 13.2 Å². The Hall–Kier alpha value is -0.970. The summed E-state index contributed by atoms with van der Waals surface area (Å²) in [6, 6.07) is 1.50. The topological polar surface area (TPSA) is 22.1 Å². The third-order valence-electron chi connectivity index (χ3n) is 1.45. The van der Waals surface area contributed by atoms with E-state index in [1.807, 2.05) is 0 Å². The monoisotopic (exact) mass is 225 g/mol. The van der Waals surface area contributed by atoms with Crippen molar-refractivity contribution < 1.29 is 17.9 Å². The Balaban J connectivity index is 2.89. The molecule has 0 N–H and O–H groups in total. The Labute approximate surface area is 83.7 Å². The van der Waals surface area contributed by atoms with Crippen LogP contribution in [0, 0.1) is 6.92 Å². The Morgan fingerprint density at radius 2 is 2.14 bits per heavy atom. The molecule has 78 valence electrons. The van der Waals surface area contributed by atoms with Crippen LogP contribution in [0.1, 0.15) is 11.1 Å². The molecule has 0 saturated carbocycles. The minimum Gasteiger partial charge on any atom is -0.388 e. The summed E-state index contributed by atoms with van der Waals surface area (Å²) in [4.78, 5) is 3.51. The van der Waals surface area contributed by atoms with Crippen LogP contribution in [-0.2, 0) is 5.88 Å². The van der Waals surface area contributed by atoms with Crippen molar-refractivity contribution in [2.24, 2.45) is 0 Å². The number of nitrogens with zero attached hydrogens (tertiary/aromatic N) is 1. The zero-order valence-corrected chi connectivity index (χ0v) is 7.99. The molecular formula is C8H7ClF3NO. The number of alkyl halides is 4. The minimum atomic E-state index is -4.71. The van der Waals surface area contributed by atoms with Crippen molar-refractivity contribution in [2.45, 2.75) is 19.2 Å². The van der Waals surface area contributed by atoms with Gasteiger partial charge in [-0.3, -0.25) is 0 Å². The van der Waals surface area contributed by atoms with Gasteiger partial charge >= 0.3 is 6.36 Å². The van der Waals surface area contributed by atoms with Crippen molar-refractivity contribution in [3.8, 4) is 5.88 Å². The first-order valence-corrected chi connectivity index (χ1v) is 4.23. The number of aromatic nitrogens is 1. The molecule has 14 heavy (non-hydrogen) atoms. The van der Waals surface area contributed by atoms with Crippen LogP contribution in [0.5, 0.6) is 5.88 Å².